The first-order chi connectivity index (χ1) is 18.3. The Kier molecular flexibility index (Phi) is 7.20. The van der Waals surface area contributed by atoms with Crippen molar-refractivity contribution in [3.63, 3.8) is 0 Å². The molecule has 2 heterocycles. The number of carbonyl (C=O) groups is 2. The van der Waals surface area contributed by atoms with E-state index < -0.39 is 0 Å². The number of para-hydroxylation sites is 1. The fraction of sp³-hybridized carbons (Fsp3) is 0.226. The van der Waals surface area contributed by atoms with Crippen LogP contribution >= 0.6 is 11.3 Å². The maximum atomic E-state index is 13.9. The molecule has 192 valence electrons. The molecule has 0 radical (unpaired) electrons. The summed E-state index contributed by atoms with van der Waals surface area (Å²) < 4.78 is 2.98. The normalized spacial score (nSPS) is 11.3. The van der Waals surface area contributed by atoms with Gasteiger partial charge in [0, 0.05) is 28.9 Å². The molecule has 6 nitrogen and oxygen atoms in total. The Hall–Kier alpha value is -4.10. The molecule has 0 aliphatic heterocycles. The minimum absolute atomic E-state index is 0.0710. The second-order valence-electron chi connectivity index (χ2n) is 9.72. The van der Waals surface area contributed by atoms with Crippen LogP contribution < -0.4 is 4.90 Å². The van der Waals surface area contributed by atoms with E-state index in [2.05, 4.69) is 31.1 Å². The number of ketones is 1. The van der Waals surface area contributed by atoms with Crippen LogP contribution in [0.4, 0.5) is 5.13 Å². The van der Waals surface area contributed by atoms with Crippen molar-refractivity contribution in [1.82, 2.24) is 14.8 Å². The van der Waals surface area contributed by atoms with E-state index in [-0.39, 0.29) is 11.7 Å². The lowest BCUT2D eigenvalue weighted by molar-refractivity contribution is 0.0983. The summed E-state index contributed by atoms with van der Waals surface area (Å²) in [5.74, 6) is 0.0935. The summed E-state index contributed by atoms with van der Waals surface area (Å²) >= 11 is 1.52. The molecule has 0 bridgehead atoms. The third kappa shape index (κ3) is 5.15. The predicted molar refractivity (Wildman–Crippen MR) is 153 cm³/mol. The van der Waals surface area contributed by atoms with Crippen molar-refractivity contribution in [2.24, 2.45) is 0 Å². The van der Waals surface area contributed by atoms with Crippen molar-refractivity contribution in [1.29, 1.82) is 0 Å². The van der Waals surface area contributed by atoms with Gasteiger partial charge in [-0.1, -0.05) is 79.8 Å². The molecule has 0 saturated heterocycles. The molecule has 0 aliphatic carbocycles. The predicted octanol–water partition coefficient (Wildman–Crippen LogP) is 6.81. The highest BCUT2D eigenvalue weighted by Gasteiger charge is 2.23. The van der Waals surface area contributed by atoms with Crippen molar-refractivity contribution < 1.29 is 9.59 Å². The number of amides is 1. The number of carbonyl (C=O) groups excluding carboxylic acids is 2. The lowest BCUT2D eigenvalue weighted by atomic mass is 10.0. The van der Waals surface area contributed by atoms with Gasteiger partial charge < -0.3 is 0 Å². The zero-order chi connectivity index (χ0) is 26.8. The van der Waals surface area contributed by atoms with Crippen LogP contribution in [0.15, 0.2) is 78.9 Å². The molecule has 0 unspecified atom stereocenters. The maximum absolute atomic E-state index is 13.9. The van der Waals surface area contributed by atoms with E-state index in [9.17, 15) is 9.59 Å². The van der Waals surface area contributed by atoms with Gasteiger partial charge in [-0.15, -0.1) is 0 Å². The molecule has 5 aromatic rings. The Labute approximate surface area is 226 Å². The van der Waals surface area contributed by atoms with Gasteiger partial charge in [-0.05, 0) is 49.6 Å². The number of aryl methyl sites for hydroxylation is 2. The summed E-state index contributed by atoms with van der Waals surface area (Å²) in [4.78, 5) is 33.4. The SMILES string of the molecule is Cc1cc(C)n(CCN(C(=O)c2ccc(C(=O)c3ccccc3)cc2)c2nc3c(C(C)C)cccc3s2)n1. The second kappa shape index (κ2) is 10.7. The van der Waals surface area contributed by atoms with Crippen LogP contribution in [0.2, 0.25) is 0 Å². The third-order valence-corrected chi connectivity index (χ3v) is 7.65. The molecular weight excluding hydrogens is 492 g/mol. The van der Waals surface area contributed by atoms with E-state index in [4.69, 9.17) is 4.98 Å². The molecule has 0 fully saturated rings. The number of hydrogen-bond donors (Lipinski definition) is 0. The quantitative estimate of drug-likeness (QED) is 0.210. The first-order valence-electron chi connectivity index (χ1n) is 12.7. The van der Waals surface area contributed by atoms with Crippen molar-refractivity contribution in [3.8, 4) is 0 Å². The van der Waals surface area contributed by atoms with Gasteiger partial charge in [0.15, 0.2) is 10.9 Å². The first kappa shape index (κ1) is 25.5. The van der Waals surface area contributed by atoms with Crippen LogP contribution in [-0.4, -0.2) is 33.0 Å². The average molecular weight is 523 g/mol. The van der Waals surface area contributed by atoms with Gasteiger partial charge in [-0.25, -0.2) is 4.98 Å². The van der Waals surface area contributed by atoms with Crippen LogP contribution in [-0.2, 0) is 6.54 Å². The Morgan fingerprint density at radius 2 is 1.58 bits per heavy atom. The van der Waals surface area contributed by atoms with Crippen molar-refractivity contribution in [2.75, 3.05) is 11.4 Å². The fourth-order valence-corrected chi connectivity index (χ4v) is 5.62. The average Bonchev–Trinajstić information content (AvgIpc) is 3.50. The van der Waals surface area contributed by atoms with Crippen LogP contribution in [0.25, 0.3) is 10.2 Å². The smallest absolute Gasteiger partial charge is 0.260 e. The number of benzene rings is 3. The van der Waals surface area contributed by atoms with Crippen LogP contribution in [0.3, 0.4) is 0 Å². The number of hydrogen-bond acceptors (Lipinski definition) is 5. The topological polar surface area (TPSA) is 68.1 Å². The van der Waals surface area contributed by atoms with E-state index in [1.807, 2.05) is 48.9 Å². The third-order valence-electron chi connectivity index (χ3n) is 6.61. The zero-order valence-corrected chi connectivity index (χ0v) is 22.8. The minimum Gasteiger partial charge on any atom is -0.289 e. The number of nitrogens with zero attached hydrogens (tertiary/aromatic N) is 4. The summed E-state index contributed by atoms with van der Waals surface area (Å²) in [6.07, 6.45) is 0. The van der Waals surface area contributed by atoms with E-state index in [1.165, 1.54) is 16.9 Å². The van der Waals surface area contributed by atoms with Crippen molar-refractivity contribution in [2.45, 2.75) is 40.2 Å². The van der Waals surface area contributed by atoms with Gasteiger partial charge in [-0.3, -0.25) is 19.2 Å². The molecule has 3 aromatic carbocycles. The molecule has 7 heteroatoms. The van der Waals surface area contributed by atoms with E-state index in [1.54, 1.807) is 41.3 Å². The maximum Gasteiger partial charge on any atom is 0.260 e. The monoisotopic (exact) mass is 522 g/mol. The van der Waals surface area contributed by atoms with Crippen LogP contribution in [0.1, 0.15) is 63.0 Å². The Morgan fingerprint density at radius 3 is 2.24 bits per heavy atom. The van der Waals surface area contributed by atoms with Crippen molar-refractivity contribution in [3.05, 3.63) is 113 Å². The molecular formula is C31H30N4O2S. The fourth-order valence-electron chi connectivity index (χ4n) is 4.60. The number of fused-ring (bicyclic) bond motifs is 1. The Balaban J connectivity index is 1.48. The Bertz CT molecular complexity index is 1600. The summed E-state index contributed by atoms with van der Waals surface area (Å²) in [6, 6.07) is 24.3. The lowest BCUT2D eigenvalue weighted by Crippen LogP contribution is -2.34. The van der Waals surface area contributed by atoms with E-state index >= 15 is 0 Å². The number of rotatable bonds is 8. The van der Waals surface area contributed by atoms with Crippen LogP contribution in [0.5, 0.6) is 0 Å². The van der Waals surface area contributed by atoms with Gasteiger partial charge in [0.1, 0.15) is 0 Å². The molecule has 0 saturated carbocycles. The van der Waals surface area contributed by atoms with Crippen molar-refractivity contribution >= 4 is 38.4 Å². The minimum atomic E-state index is -0.157. The highest BCUT2D eigenvalue weighted by atomic mass is 32.1. The molecule has 1 amide bonds. The lowest BCUT2D eigenvalue weighted by Gasteiger charge is -2.20. The zero-order valence-electron chi connectivity index (χ0n) is 22.0. The summed E-state index contributed by atoms with van der Waals surface area (Å²) in [5, 5.41) is 5.23. The molecule has 0 aliphatic rings. The molecule has 2 aromatic heterocycles. The molecule has 5 rings (SSSR count). The summed E-state index contributed by atoms with van der Waals surface area (Å²) in [7, 11) is 0. The number of thiazole rings is 1. The standard InChI is InChI=1S/C31H30N4O2S/c1-20(2)26-11-8-12-27-28(26)32-31(38-27)34(17-18-35-22(4)19-21(3)33-35)30(37)25-15-13-24(14-16-25)29(36)23-9-6-5-7-10-23/h5-16,19-20H,17-18H2,1-4H3. The number of aromatic nitrogens is 3. The van der Waals surface area contributed by atoms with Gasteiger partial charge in [0.2, 0.25) is 0 Å². The largest absolute Gasteiger partial charge is 0.289 e. The highest BCUT2D eigenvalue weighted by molar-refractivity contribution is 7.22. The Morgan fingerprint density at radius 1 is 0.895 bits per heavy atom. The van der Waals surface area contributed by atoms with Gasteiger partial charge in [0.25, 0.3) is 5.91 Å². The van der Waals surface area contributed by atoms with Gasteiger partial charge >= 0.3 is 0 Å². The molecule has 0 N–H and O–H groups in total. The summed E-state index contributed by atoms with van der Waals surface area (Å²) in [5.41, 5.74) is 5.77. The van der Waals surface area contributed by atoms with E-state index in [0.29, 0.717) is 40.8 Å². The molecule has 0 atom stereocenters. The van der Waals surface area contributed by atoms with E-state index in [0.717, 1.165) is 21.6 Å². The number of anilines is 1. The summed E-state index contributed by atoms with van der Waals surface area (Å²) in [6.45, 7) is 9.24. The first-order valence-corrected chi connectivity index (χ1v) is 13.6. The van der Waals surface area contributed by atoms with Gasteiger partial charge in [-0.2, -0.15) is 5.10 Å². The van der Waals surface area contributed by atoms with Gasteiger partial charge in [0.05, 0.1) is 22.5 Å². The van der Waals surface area contributed by atoms with Crippen LogP contribution in [0, 0.1) is 13.8 Å². The second-order valence-corrected chi connectivity index (χ2v) is 10.7. The molecule has 38 heavy (non-hydrogen) atoms. The molecule has 0 spiro atoms. The highest BCUT2D eigenvalue weighted by Crippen LogP contribution is 2.34.